The van der Waals surface area contributed by atoms with Crippen molar-refractivity contribution in [2.75, 3.05) is 5.75 Å². The van der Waals surface area contributed by atoms with Gasteiger partial charge in [0.2, 0.25) is 11.8 Å². The monoisotopic (exact) mass is 312 g/mol. The Kier molecular flexibility index (Phi) is 5.21. The molecule has 0 spiro atoms. The molecule has 0 saturated carbocycles. The van der Waals surface area contributed by atoms with Crippen LogP contribution in [0.15, 0.2) is 22.7 Å². The molecule has 6 heteroatoms. The third-order valence-electron chi connectivity index (χ3n) is 3.51. The molecule has 0 aliphatic carbocycles. The zero-order chi connectivity index (χ0) is 14.7. The SMILES string of the molecule is CCSC(C)[C@H]1C(=O)N2C=C(S/C=C/NC(C)=O)C[C@H]12. The summed E-state index contributed by atoms with van der Waals surface area (Å²) < 4.78 is 0. The summed E-state index contributed by atoms with van der Waals surface area (Å²) in [5.41, 5.74) is 0. The molecule has 0 radical (unpaired) electrons. The van der Waals surface area contributed by atoms with Crippen molar-refractivity contribution in [3.8, 4) is 0 Å². The number of carbonyl (C=O) groups is 2. The lowest BCUT2D eigenvalue weighted by molar-refractivity contribution is -0.149. The van der Waals surface area contributed by atoms with Gasteiger partial charge in [-0.15, -0.1) is 0 Å². The number of thioether (sulfide) groups is 2. The van der Waals surface area contributed by atoms with Crippen molar-refractivity contribution in [3.05, 3.63) is 22.7 Å². The van der Waals surface area contributed by atoms with Crippen molar-refractivity contribution >= 4 is 35.3 Å². The summed E-state index contributed by atoms with van der Waals surface area (Å²) in [5, 5.41) is 4.85. The predicted molar refractivity (Wildman–Crippen MR) is 85.0 cm³/mol. The van der Waals surface area contributed by atoms with Gasteiger partial charge in [0.25, 0.3) is 0 Å². The van der Waals surface area contributed by atoms with Gasteiger partial charge in [-0.25, -0.2) is 0 Å². The van der Waals surface area contributed by atoms with Crippen molar-refractivity contribution in [1.29, 1.82) is 0 Å². The average molecular weight is 312 g/mol. The zero-order valence-corrected chi connectivity index (χ0v) is 13.6. The Morgan fingerprint density at radius 1 is 1.65 bits per heavy atom. The van der Waals surface area contributed by atoms with E-state index in [1.165, 1.54) is 11.8 Å². The van der Waals surface area contributed by atoms with E-state index in [2.05, 4.69) is 19.2 Å². The number of hydrogen-bond donors (Lipinski definition) is 1. The summed E-state index contributed by atoms with van der Waals surface area (Å²) in [7, 11) is 0. The van der Waals surface area contributed by atoms with Gasteiger partial charge in [-0.05, 0) is 11.2 Å². The molecule has 2 rings (SSSR count). The van der Waals surface area contributed by atoms with Gasteiger partial charge in [0.1, 0.15) is 0 Å². The summed E-state index contributed by atoms with van der Waals surface area (Å²) in [6.45, 7) is 5.75. The Labute approximate surface area is 128 Å². The topological polar surface area (TPSA) is 49.4 Å². The largest absolute Gasteiger partial charge is 0.332 e. The minimum atomic E-state index is -0.0771. The number of nitrogens with one attached hydrogen (secondary N) is 1. The highest BCUT2D eigenvalue weighted by Gasteiger charge is 2.51. The van der Waals surface area contributed by atoms with Gasteiger partial charge in [0, 0.05) is 35.9 Å². The molecule has 1 saturated heterocycles. The number of amides is 2. The Morgan fingerprint density at radius 3 is 3.05 bits per heavy atom. The molecule has 1 unspecified atom stereocenters. The van der Waals surface area contributed by atoms with Crippen molar-refractivity contribution in [3.63, 3.8) is 0 Å². The maximum atomic E-state index is 12.1. The molecule has 3 atom stereocenters. The lowest BCUT2D eigenvalue weighted by Gasteiger charge is -2.44. The highest BCUT2D eigenvalue weighted by Crippen LogP contribution is 2.45. The number of rotatable bonds is 6. The Morgan fingerprint density at radius 2 is 2.40 bits per heavy atom. The Balaban J connectivity index is 1.86. The number of hydrogen-bond acceptors (Lipinski definition) is 4. The van der Waals surface area contributed by atoms with Crippen LogP contribution in [0.5, 0.6) is 0 Å². The van der Waals surface area contributed by atoms with Gasteiger partial charge in [0.05, 0.1) is 12.0 Å². The fourth-order valence-corrected chi connectivity index (χ4v) is 4.40. The molecular weight excluding hydrogens is 292 g/mol. The summed E-state index contributed by atoms with van der Waals surface area (Å²) in [4.78, 5) is 25.9. The maximum Gasteiger partial charge on any atom is 0.233 e. The fraction of sp³-hybridized carbons (Fsp3) is 0.571. The second kappa shape index (κ2) is 6.72. The summed E-state index contributed by atoms with van der Waals surface area (Å²) in [6, 6.07) is 0.341. The molecule has 2 amide bonds. The fourth-order valence-electron chi connectivity index (χ4n) is 2.62. The highest BCUT2D eigenvalue weighted by molar-refractivity contribution is 8.05. The van der Waals surface area contributed by atoms with Gasteiger partial charge in [-0.2, -0.15) is 11.8 Å². The molecule has 2 heterocycles. The van der Waals surface area contributed by atoms with Crippen molar-refractivity contribution < 1.29 is 9.59 Å². The first-order chi connectivity index (χ1) is 9.54. The summed E-state index contributed by atoms with van der Waals surface area (Å²) in [6.07, 6.45) is 4.52. The molecule has 0 aromatic rings. The Hall–Kier alpha value is -0.880. The summed E-state index contributed by atoms with van der Waals surface area (Å²) >= 11 is 3.42. The van der Waals surface area contributed by atoms with Crippen molar-refractivity contribution in [2.45, 2.75) is 38.5 Å². The van der Waals surface area contributed by atoms with E-state index in [0.717, 1.165) is 12.2 Å². The van der Waals surface area contributed by atoms with Crippen LogP contribution in [-0.4, -0.2) is 33.8 Å². The molecule has 0 bridgehead atoms. The van der Waals surface area contributed by atoms with Gasteiger partial charge >= 0.3 is 0 Å². The maximum absolute atomic E-state index is 12.1. The standard InChI is InChI=1S/C14H20N2O2S2/c1-4-19-9(2)13-12-7-11(8-16(12)14(13)18)20-6-5-15-10(3)17/h5-6,8-9,12-13H,4,7H2,1-3H3,(H,15,17)/b6-5+/t9?,12-,13-/m1/s1. The van der Waals surface area contributed by atoms with E-state index < -0.39 is 0 Å². The number of fused-ring (bicyclic) bond motifs is 1. The molecule has 1 N–H and O–H groups in total. The zero-order valence-electron chi connectivity index (χ0n) is 12.0. The van der Waals surface area contributed by atoms with Crippen molar-refractivity contribution in [1.82, 2.24) is 10.2 Å². The first-order valence-electron chi connectivity index (χ1n) is 6.77. The van der Waals surface area contributed by atoms with E-state index >= 15 is 0 Å². The lowest BCUT2D eigenvalue weighted by atomic mass is 9.85. The van der Waals surface area contributed by atoms with Gasteiger partial charge in [-0.1, -0.05) is 25.6 Å². The van der Waals surface area contributed by atoms with Crippen LogP contribution >= 0.6 is 23.5 Å². The molecule has 20 heavy (non-hydrogen) atoms. The predicted octanol–water partition coefficient (Wildman–Crippen LogP) is 2.54. The molecule has 4 nitrogen and oxygen atoms in total. The van der Waals surface area contributed by atoms with E-state index in [4.69, 9.17) is 0 Å². The summed E-state index contributed by atoms with van der Waals surface area (Å²) in [5.74, 6) is 1.39. The van der Waals surface area contributed by atoms with Crippen LogP contribution < -0.4 is 5.32 Å². The minimum Gasteiger partial charge on any atom is -0.332 e. The van der Waals surface area contributed by atoms with Crippen molar-refractivity contribution in [2.24, 2.45) is 5.92 Å². The quantitative estimate of drug-likeness (QED) is 0.766. The van der Waals surface area contributed by atoms with E-state index in [0.29, 0.717) is 11.3 Å². The van der Waals surface area contributed by atoms with Crippen LogP contribution in [0.1, 0.15) is 27.2 Å². The second-order valence-electron chi connectivity index (χ2n) is 4.92. The van der Waals surface area contributed by atoms with E-state index in [1.54, 1.807) is 18.0 Å². The molecular formula is C14H20N2O2S2. The molecule has 2 aliphatic heterocycles. The third kappa shape index (κ3) is 3.23. The minimum absolute atomic E-state index is 0.0771. The molecule has 0 aromatic heterocycles. The van der Waals surface area contributed by atoms with Crippen LogP contribution in [-0.2, 0) is 9.59 Å². The van der Waals surface area contributed by atoms with Crippen LogP contribution in [0, 0.1) is 5.92 Å². The van der Waals surface area contributed by atoms with Crippen LogP contribution in [0.4, 0.5) is 0 Å². The van der Waals surface area contributed by atoms with Crippen LogP contribution in [0.3, 0.4) is 0 Å². The Bertz CT molecular complexity index is 462. The van der Waals surface area contributed by atoms with E-state index in [9.17, 15) is 9.59 Å². The number of nitrogens with zero attached hydrogens (tertiary/aromatic N) is 1. The van der Waals surface area contributed by atoms with Crippen LogP contribution in [0.25, 0.3) is 0 Å². The number of β-lactam (4-membered cyclic amide) rings is 1. The number of carbonyl (C=O) groups excluding carboxylic acids is 2. The first-order valence-corrected chi connectivity index (χ1v) is 8.70. The van der Waals surface area contributed by atoms with Crippen LogP contribution in [0.2, 0.25) is 0 Å². The molecule has 1 fully saturated rings. The average Bonchev–Trinajstić information content (AvgIpc) is 2.74. The third-order valence-corrected chi connectivity index (χ3v) is 5.51. The van der Waals surface area contributed by atoms with Gasteiger partial charge in [0.15, 0.2) is 0 Å². The molecule has 110 valence electrons. The van der Waals surface area contributed by atoms with E-state index in [-0.39, 0.29) is 17.7 Å². The lowest BCUT2D eigenvalue weighted by Crippen LogP contribution is -2.59. The second-order valence-corrected chi connectivity index (χ2v) is 7.61. The van der Waals surface area contributed by atoms with E-state index in [1.807, 2.05) is 28.3 Å². The molecule has 0 aromatic carbocycles. The first kappa shape index (κ1) is 15.5. The highest BCUT2D eigenvalue weighted by atomic mass is 32.2. The normalized spacial score (nSPS) is 26.2. The molecule has 2 aliphatic rings. The smallest absolute Gasteiger partial charge is 0.233 e. The van der Waals surface area contributed by atoms with Gasteiger partial charge < -0.3 is 10.2 Å². The van der Waals surface area contributed by atoms with Gasteiger partial charge in [-0.3, -0.25) is 9.59 Å².